The van der Waals surface area contributed by atoms with Crippen molar-refractivity contribution >= 4 is 6.21 Å². The fraction of sp³-hybridized carbons (Fsp3) is 0.364. The summed E-state index contributed by atoms with van der Waals surface area (Å²) in [5, 5.41) is 3.29. The predicted molar refractivity (Wildman–Crippen MR) is 60.1 cm³/mol. The topological polar surface area (TPSA) is 24.4 Å². The van der Waals surface area contributed by atoms with Crippen LogP contribution in [0.3, 0.4) is 0 Å². The molecule has 0 spiro atoms. The van der Waals surface area contributed by atoms with Crippen molar-refractivity contribution in [2.45, 2.75) is 19.9 Å². The van der Waals surface area contributed by atoms with Crippen LogP contribution >= 0.6 is 0 Å². The minimum atomic E-state index is 0.410. The van der Waals surface area contributed by atoms with Crippen molar-refractivity contribution in [1.82, 2.24) is 5.32 Å². The third kappa shape index (κ3) is 3.38. The van der Waals surface area contributed by atoms with Gasteiger partial charge in [0.15, 0.2) is 0 Å². The first-order valence-electron chi connectivity index (χ1n) is 4.35. The van der Waals surface area contributed by atoms with Crippen molar-refractivity contribution in [1.29, 1.82) is 0 Å². The number of aliphatic imine (C=N–C) groups is 1. The van der Waals surface area contributed by atoms with Gasteiger partial charge in [-0.2, -0.15) is 0 Å². The van der Waals surface area contributed by atoms with Gasteiger partial charge in [-0.1, -0.05) is 6.58 Å². The Morgan fingerprint density at radius 3 is 2.54 bits per heavy atom. The molecule has 1 unspecified atom stereocenters. The van der Waals surface area contributed by atoms with E-state index in [9.17, 15) is 0 Å². The summed E-state index contributed by atoms with van der Waals surface area (Å²) >= 11 is 0. The number of rotatable bonds is 1. The van der Waals surface area contributed by atoms with E-state index in [0.717, 1.165) is 12.1 Å². The maximum Gasteiger partial charge on any atom is 0.0311 e. The first-order valence-corrected chi connectivity index (χ1v) is 4.35. The molecular weight excluding hydrogens is 160 g/mol. The van der Waals surface area contributed by atoms with Crippen LogP contribution in [-0.4, -0.2) is 18.8 Å². The molecule has 0 aliphatic carbocycles. The molecule has 1 rings (SSSR count). The lowest BCUT2D eigenvalue weighted by atomic mass is 10.1. The highest BCUT2D eigenvalue weighted by molar-refractivity contribution is 5.55. The summed E-state index contributed by atoms with van der Waals surface area (Å²) < 4.78 is 0. The van der Waals surface area contributed by atoms with Crippen molar-refractivity contribution < 1.29 is 0 Å². The molecule has 2 heteroatoms. The van der Waals surface area contributed by atoms with Crippen LogP contribution < -0.4 is 5.32 Å². The summed E-state index contributed by atoms with van der Waals surface area (Å²) in [7, 11) is 0. The minimum Gasteiger partial charge on any atom is -0.306 e. The third-order valence-corrected chi connectivity index (χ3v) is 1.91. The molecule has 1 heterocycles. The molecule has 0 bridgehead atoms. The summed E-state index contributed by atoms with van der Waals surface area (Å²) in [6.45, 7) is 14.9. The van der Waals surface area contributed by atoms with Gasteiger partial charge in [-0.3, -0.25) is 4.99 Å². The molecule has 1 aliphatic heterocycles. The van der Waals surface area contributed by atoms with Crippen LogP contribution in [-0.2, 0) is 0 Å². The van der Waals surface area contributed by atoms with Crippen LogP contribution in [0.5, 0.6) is 0 Å². The Labute approximate surface area is 80.8 Å². The van der Waals surface area contributed by atoms with Gasteiger partial charge in [-0.25, -0.2) is 0 Å². The predicted octanol–water partition coefficient (Wildman–Crippen LogP) is 2.31. The average Bonchev–Trinajstić information content (AvgIpc) is 2.48. The molecule has 0 amide bonds. The van der Waals surface area contributed by atoms with Crippen LogP contribution in [0.4, 0.5) is 0 Å². The Morgan fingerprint density at radius 1 is 1.54 bits per heavy atom. The molecule has 13 heavy (non-hydrogen) atoms. The van der Waals surface area contributed by atoms with E-state index in [1.165, 1.54) is 5.57 Å². The largest absolute Gasteiger partial charge is 0.306 e. The second kappa shape index (κ2) is 6.38. The Hall–Kier alpha value is -1.15. The third-order valence-electron chi connectivity index (χ3n) is 1.91. The maximum absolute atomic E-state index is 4.05. The van der Waals surface area contributed by atoms with E-state index in [2.05, 4.69) is 37.0 Å². The highest BCUT2D eigenvalue weighted by atomic mass is 14.9. The molecular formula is C11H18N2. The Balaban J connectivity index is 0.000000671. The zero-order chi connectivity index (χ0) is 10.3. The number of nitrogens with zero attached hydrogens (tertiary/aromatic N) is 1. The molecule has 0 saturated carbocycles. The van der Waals surface area contributed by atoms with Gasteiger partial charge in [-0.15, -0.1) is 13.2 Å². The van der Waals surface area contributed by atoms with E-state index in [0.29, 0.717) is 6.04 Å². The fourth-order valence-corrected chi connectivity index (χ4v) is 1.07. The molecule has 72 valence electrons. The summed E-state index contributed by atoms with van der Waals surface area (Å²) in [4.78, 5) is 4.05. The number of hydrogen-bond acceptors (Lipinski definition) is 2. The SMILES string of the molecule is C=C.C=C1/C(=C\N=CC)CNC1C. The maximum atomic E-state index is 4.05. The first-order chi connectivity index (χ1) is 6.25. The second-order valence-electron chi connectivity index (χ2n) is 2.69. The first kappa shape index (κ1) is 11.8. The van der Waals surface area contributed by atoms with E-state index in [1.54, 1.807) is 6.21 Å². The van der Waals surface area contributed by atoms with E-state index in [1.807, 2.05) is 13.1 Å². The van der Waals surface area contributed by atoms with E-state index in [-0.39, 0.29) is 0 Å². The fourth-order valence-electron chi connectivity index (χ4n) is 1.07. The standard InChI is InChI=1S/C9H14N2.C2H4/c1-4-10-5-9-6-11-8(3)7(9)2;1-2/h4-5,8,11H,2,6H2,1,3H3;1-2H2/b9-5-,10-4?;. The average molecular weight is 178 g/mol. The summed E-state index contributed by atoms with van der Waals surface area (Å²) in [5.74, 6) is 0. The van der Waals surface area contributed by atoms with E-state index < -0.39 is 0 Å². The second-order valence-corrected chi connectivity index (χ2v) is 2.69. The van der Waals surface area contributed by atoms with Gasteiger partial charge < -0.3 is 5.32 Å². The van der Waals surface area contributed by atoms with Crippen molar-refractivity contribution in [3.8, 4) is 0 Å². The molecule has 1 aliphatic rings. The molecule has 0 aromatic heterocycles. The lowest BCUT2D eigenvalue weighted by molar-refractivity contribution is 0.726. The molecule has 1 atom stereocenters. The van der Waals surface area contributed by atoms with Crippen LogP contribution in [0.25, 0.3) is 0 Å². The zero-order valence-electron chi connectivity index (χ0n) is 8.51. The van der Waals surface area contributed by atoms with Crippen molar-refractivity contribution in [2.24, 2.45) is 4.99 Å². The van der Waals surface area contributed by atoms with Crippen molar-refractivity contribution in [3.63, 3.8) is 0 Å². The minimum absolute atomic E-state index is 0.410. The smallest absolute Gasteiger partial charge is 0.0311 e. The van der Waals surface area contributed by atoms with Gasteiger partial charge in [0.1, 0.15) is 0 Å². The summed E-state index contributed by atoms with van der Waals surface area (Å²) in [6, 6.07) is 0.410. The van der Waals surface area contributed by atoms with Gasteiger partial charge in [0, 0.05) is 25.0 Å². The highest BCUT2D eigenvalue weighted by Gasteiger charge is 2.17. The normalized spacial score (nSPS) is 24.9. The van der Waals surface area contributed by atoms with Crippen LogP contribution in [0.1, 0.15) is 13.8 Å². The van der Waals surface area contributed by atoms with E-state index in [4.69, 9.17) is 0 Å². The van der Waals surface area contributed by atoms with Crippen LogP contribution in [0.15, 0.2) is 42.1 Å². The van der Waals surface area contributed by atoms with Crippen LogP contribution in [0, 0.1) is 0 Å². The summed E-state index contributed by atoms with van der Waals surface area (Å²) in [5.41, 5.74) is 2.38. The van der Waals surface area contributed by atoms with Gasteiger partial charge >= 0.3 is 0 Å². The van der Waals surface area contributed by atoms with E-state index >= 15 is 0 Å². The Bertz CT molecular complexity index is 226. The van der Waals surface area contributed by atoms with Crippen molar-refractivity contribution in [3.05, 3.63) is 37.1 Å². The number of hydrogen-bond donors (Lipinski definition) is 1. The van der Waals surface area contributed by atoms with Crippen LogP contribution in [0.2, 0.25) is 0 Å². The van der Waals surface area contributed by atoms with Gasteiger partial charge in [-0.05, 0) is 25.0 Å². The molecule has 2 nitrogen and oxygen atoms in total. The zero-order valence-corrected chi connectivity index (χ0v) is 8.51. The molecule has 0 radical (unpaired) electrons. The quantitative estimate of drug-likeness (QED) is 0.483. The Morgan fingerprint density at radius 2 is 2.15 bits per heavy atom. The molecule has 1 N–H and O–H groups in total. The summed E-state index contributed by atoms with van der Waals surface area (Å²) in [6.07, 6.45) is 3.65. The monoisotopic (exact) mass is 178 g/mol. The molecule has 1 fully saturated rings. The van der Waals surface area contributed by atoms with Gasteiger partial charge in [0.05, 0.1) is 0 Å². The van der Waals surface area contributed by atoms with Gasteiger partial charge in [0.2, 0.25) is 0 Å². The molecule has 1 saturated heterocycles. The van der Waals surface area contributed by atoms with Crippen molar-refractivity contribution in [2.75, 3.05) is 6.54 Å². The lowest BCUT2D eigenvalue weighted by Gasteiger charge is -2.00. The number of nitrogens with one attached hydrogen (secondary N) is 1. The molecule has 0 aromatic rings. The Kier molecular flexibility index (Phi) is 5.81. The lowest BCUT2D eigenvalue weighted by Crippen LogP contribution is -2.17. The molecule has 0 aromatic carbocycles. The highest BCUT2D eigenvalue weighted by Crippen LogP contribution is 2.17. The van der Waals surface area contributed by atoms with Gasteiger partial charge in [0.25, 0.3) is 0 Å².